The molecule has 0 aromatic carbocycles. The molecule has 0 aliphatic carbocycles. The first-order chi connectivity index (χ1) is 6.02. The number of rotatable bonds is 7. The Hall–Kier alpha value is -0.170. The Morgan fingerprint density at radius 3 is 2.62 bits per heavy atom. The van der Waals surface area contributed by atoms with Gasteiger partial charge in [-0.05, 0) is 13.3 Å². The predicted octanol–water partition coefficient (Wildman–Crippen LogP) is -0.677. The van der Waals surface area contributed by atoms with Crippen molar-refractivity contribution in [1.29, 1.82) is 0 Å². The van der Waals surface area contributed by atoms with Crippen LogP contribution in [0.2, 0.25) is 0 Å². The van der Waals surface area contributed by atoms with Gasteiger partial charge in [0.2, 0.25) is 10.0 Å². The third-order valence-corrected chi connectivity index (χ3v) is 2.96. The van der Waals surface area contributed by atoms with Crippen molar-refractivity contribution in [1.82, 2.24) is 4.72 Å². The lowest BCUT2D eigenvalue weighted by Crippen LogP contribution is -2.37. The van der Waals surface area contributed by atoms with Crippen LogP contribution in [-0.4, -0.2) is 45.6 Å². The second kappa shape index (κ2) is 6.31. The molecule has 0 radical (unpaired) electrons. The maximum atomic E-state index is 11.2. The summed E-state index contributed by atoms with van der Waals surface area (Å²) in [5.74, 6) is -0.0441. The topological polar surface area (TPSA) is 75.6 Å². The van der Waals surface area contributed by atoms with Crippen LogP contribution in [0.4, 0.5) is 0 Å². The van der Waals surface area contributed by atoms with Gasteiger partial charge in [-0.25, -0.2) is 13.1 Å². The third-order valence-electron chi connectivity index (χ3n) is 1.37. The lowest BCUT2D eigenvalue weighted by molar-refractivity contribution is 0.180. The van der Waals surface area contributed by atoms with Crippen LogP contribution in [0.3, 0.4) is 0 Å². The van der Waals surface area contributed by atoms with E-state index in [0.717, 1.165) is 0 Å². The van der Waals surface area contributed by atoms with Crippen molar-refractivity contribution in [2.24, 2.45) is 0 Å². The Kier molecular flexibility index (Phi) is 6.23. The van der Waals surface area contributed by atoms with Gasteiger partial charge >= 0.3 is 0 Å². The van der Waals surface area contributed by atoms with Crippen molar-refractivity contribution >= 4 is 10.0 Å². The summed E-state index contributed by atoms with van der Waals surface area (Å²) in [5.41, 5.74) is 0. The van der Waals surface area contributed by atoms with Gasteiger partial charge in [-0.2, -0.15) is 0 Å². The van der Waals surface area contributed by atoms with Gasteiger partial charge in [-0.1, -0.05) is 0 Å². The minimum absolute atomic E-state index is 0.0441. The SMILES string of the molecule is COCC(C)NS(=O)(=O)CCCO. The summed E-state index contributed by atoms with van der Waals surface area (Å²) in [5, 5.41) is 8.45. The van der Waals surface area contributed by atoms with Gasteiger partial charge in [0, 0.05) is 19.8 Å². The molecule has 13 heavy (non-hydrogen) atoms. The number of hydrogen-bond acceptors (Lipinski definition) is 4. The van der Waals surface area contributed by atoms with Crippen molar-refractivity contribution < 1.29 is 18.3 Å². The first-order valence-corrected chi connectivity index (χ1v) is 5.77. The molecular weight excluding hydrogens is 194 g/mol. The fourth-order valence-electron chi connectivity index (χ4n) is 0.904. The molecule has 0 aromatic rings. The number of nitrogens with one attached hydrogen (secondary N) is 1. The van der Waals surface area contributed by atoms with Gasteiger partial charge in [-0.3, -0.25) is 0 Å². The third kappa shape index (κ3) is 6.94. The van der Waals surface area contributed by atoms with Crippen LogP contribution in [-0.2, 0) is 14.8 Å². The van der Waals surface area contributed by atoms with Crippen LogP contribution in [0.25, 0.3) is 0 Å². The molecule has 0 bridgehead atoms. The van der Waals surface area contributed by atoms with Crippen molar-refractivity contribution in [3.63, 3.8) is 0 Å². The number of ether oxygens (including phenoxy) is 1. The standard InChI is InChI=1S/C7H17NO4S/c1-7(6-12-2)8-13(10,11)5-3-4-9/h7-9H,3-6H2,1-2H3. The molecule has 0 aliphatic rings. The van der Waals surface area contributed by atoms with Crippen LogP contribution in [0.5, 0.6) is 0 Å². The van der Waals surface area contributed by atoms with E-state index in [1.807, 2.05) is 0 Å². The largest absolute Gasteiger partial charge is 0.396 e. The van der Waals surface area contributed by atoms with E-state index in [4.69, 9.17) is 9.84 Å². The highest BCUT2D eigenvalue weighted by molar-refractivity contribution is 7.89. The zero-order valence-corrected chi connectivity index (χ0v) is 8.80. The fourth-order valence-corrected chi connectivity index (χ4v) is 2.21. The predicted molar refractivity (Wildman–Crippen MR) is 50.0 cm³/mol. The Balaban J connectivity index is 3.87. The lowest BCUT2D eigenvalue weighted by atomic mass is 10.4. The summed E-state index contributed by atoms with van der Waals surface area (Å²) in [7, 11) is -1.74. The minimum Gasteiger partial charge on any atom is -0.396 e. The summed E-state index contributed by atoms with van der Waals surface area (Å²) < 4.78 is 29.6. The highest BCUT2D eigenvalue weighted by atomic mass is 32.2. The molecule has 80 valence electrons. The fraction of sp³-hybridized carbons (Fsp3) is 1.00. The van der Waals surface area contributed by atoms with E-state index in [0.29, 0.717) is 6.61 Å². The molecule has 0 aliphatic heterocycles. The molecule has 1 atom stereocenters. The van der Waals surface area contributed by atoms with Crippen LogP contribution < -0.4 is 4.72 Å². The number of methoxy groups -OCH3 is 1. The summed E-state index contributed by atoms with van der Waals surface area (Å²) in [6, 6.07) is -0.228. The van der Waals surface area contributed by atoms with Crippen molar-refractivity contribution in [2.75, 3.05) is 26.1 Å². The van der Waals surface area contributed by atoms with E-state index in [1.54, 1.807) is 6.92 Å². The molecule has 2 N–H and O–H groups in total. The Labute approximate surface area is 79.1 Å². The van der Waals surface area contributed by atoms with E-state index in [1.165, 1.54) is 7.11 Å². The number of hydrogen-bond donors (Lipinski definition) is 2. The average Bonchev–Trinajstić information content (AvgIpc) is 2.00. The minimum atomic E-state index is -3.26. The zero-order valence-electron chi connectivity index (χ0n) is 7.99. The van der Waals surface area contributed by atoms with Crippen molar-refractivity contribution in [3.8, 4) is 0 Å². The highest BCUT2D eigenvalue weighted by Gasteiger charge is 2.13. The maximum absolute atomic E-state index is 11.2. The van der Waals surface area contributed by atoms with Crippen molar-refractivity contribution in [3.05, 3.63) is 0 Å². The normalized spacial score (nSPS) is 14.4. The molecule has 0 fully saturated rings. The van der Waals surface area contributed by atoms with Crippen LogP contribution in [0, 0.1) is 0 Å². The highest BCUT2D eigenvalue weighted by Crippen LogP contribution is 1.92. The molecule has 0 amide bonds. The monoisotopic (exact) mass is 211 g/mol. The molecule has 0 aromatic heterocycles. The molecular formula is C7H17NO4S. The number of aliphatic hydroxyl groups excluding tert-OH is 1. The zero-order chi connectivity index (χ0) is 10.3. The van der Waals surface area contributed by atoms with E-state index in [2.05, 4.69) is 4.72 Å². The maximum Gasteiger partial charge on any atom is 0.212 e. The molecule has 6 heteroatoms. The molecule has 0 saturated carbocycles. The Bertz CT molecular complexity index is 215. The first kappa shape index (κ1) is 12.8. The van der Waals surface area contributed by atoms with Gasteiger partial charge in [0.1, 0.15) is 0 Å². The Morgan fingerprint density at radius 2 is 2.15 bits per heavy atom. The first-order valence-electron chi connectivity index (χ1n) is 4.11. The van der Waals surface area contributed by atoms with Gasteiger partial charge in [0.15, 0.2) is 0 Å². The summed E-state index contributed by atoms with van der Waals surface area (Å²) >= 11 is 0. The second-order valence-electron chi connectivity index (χ2n) is 2.87. The lowest BCUT2D eigenvalue weighted by Gasteiger charge is -2.12. The molecule has 0 saturated heterocycles. The van der Waals surface area contributed by atoms with Crippen molar-refractivity contribution in [2.45, 2.75) is 19.4 Å². The average molecular weight is 211 g/mol. The van der Waals surface area contributed by atoms with E-state index >= 15 is 0 Å². The van der Waals surface area contributed by atoms with Crippen LogP contribution in [0.1, 0.15) is 13.3 Å². The molecule has 0 rings (SSSR count). The van der Waals surface area contributed by atoms with Crippen LogP contribution in [0.15, 0.2) is 0 Å². The summed E-state index contributed by atoms with van der Waals surface area (Å²) in [4.78, 5) is 0. The molecule has 1 unspecified atom stereocenters. The number of aliphatic hydroxyl groups is 1. The van der Waals surface area contributed by atoms with E-state index in [9.17, 15) is 8.42 Å². The molecule has 0 spiro atoms. The van der Waals surface area contributed by atoms with Gasteiger partial charge in [0.05, 0.1) is 12.4 Å². The second-order valence-corrected chi connectivity index (χ2v) is 4.74. The Morgan fingerprint density at radius 1 is 1.54 bits per heavy atom. The summed E-state index contributed by atoms with van der Waals surface area (Å²) in [6.07, 6.45) is 0.259. The number of sulfonamides is 1. The smallest absolute Gasteiger partial charge is 0.212 e. The quantitative estimate of drug-likeness (QED) is 0.585. The van der Waals surface area contributed by atoms with Gasteiger partial charge < -0.3 is 9.84 Å². The van der Waals surface area contributed by atoms with Gasteiger partial charge in [-0.15, -0.1) is 0 Å². The van der Waals surface area contributed by atoms with Gasteiger partial charge in [0.25, 0.3) is 0 Å². The van der Waals surface area contributed by atoms with Crippen LogP contribution >= 0.6 is 0 Å². The van der Waals surface area contributed by atoms with E-state index < -0.39 is 10.0 Å². The molecule has 0 heterocycles. The molecule has 5 nitrogen and oxygen atoms in total. The van der Waals surface area contributed by atoms with E-state index in [-0.39, 0.29) is 24.8 Å². The summed E-state index contributed by atoms with van der Waals surface area (Å²) in [6.45, 7) is 1.96.